The Kier molecular flexibility index (Phi) is 19.7. The van der Waals surface area contributed by atoms with Gasteiger partial charge in [0.05, 0.1) is 40.6 Å². The van der Waals surface area contributed by atoms with Gasteiger partial charge in [-0.1, -0.05) is 24.3 Å². The molecule has 0 aliphatic heterocycles. The second kappa shape index (κ2) is 20.7. The minimum Gasteiger partial charge on any atom is -0.741 e. The van der Waals surface area contributed by atoms with E-state index in [1.165, 1.54) is 13.8 Å². The number of aromatic nitrogens is 4. The Labute approximate surface area is 286 Å². The molecule has 49 heavy (non-hydrogen) atoms. The van der Waals surface area contributed by atoms with Crippen LogP contribution in [0.5, 0.6) is 0 Å². The number of nitriles is 2. The molecule has 0 aliphatic rings. The topological polar surface area (TPSA) is 234 Å². The molecule has 22 heteroatoms. The van der Waals surface area contributed by atoms with Crippen LogP contribution in [0, 0.1) is 22.7 Å². The fourth-order valence-electron chi connectivity index (χ4n) is 2.84. The van der Waals surface area contributed by atoms with Gasteiger partial charge >= 0.3 is 27.8 Å². The third-order valence-corrected chi connectivity index (χ3v) is 5.82. The molecular weight excluding hydrogens is 757 g/mol. The van der Waals surface area contributed by atoms with E-state index in [0.717, 1.165) is 5.69 Å². The first-order chi connectivity index (χ1) is 22.1. The van der Waals surface area contributed by atoms with Gasteiger partial charge in [-0.25, -0.2) is 21.8 Å². The van der Waals surface area contributed by atoms with Crippen molar-refractivity contribution in [2.45, 2.75) is 30.5 Å². The first-order valence-electron chi connectivity index (χ1n) is 12.2. The zero-order chi connectivity index (χ0) is 37.2. The average Bonchev–Trinajstić information content (AvgIpc) is 3.01. The largest absolute Gasteiger partial charge is 2.00 e. The monoisotopic (exact) mass is 779 g/mol. The summed E-state index contributed by atoms with van der Waals surface area (Å²) in [6.07, 6.45) is 5.01. The van der Waals surface area contributed by atoms with Gasteiger partial charge in [-0.05, 0) is 48.5 Å². The van der Waals surface area contributed by atoms with Crippen molar-refractivity contribution >= 4 is 20.2 Å². The van der Waals surface area contributed by atoms with Crippen LogP contribution in [0.15, 0.2) is 91.4 Å². The number of aliphatic hydroxyl groups is 1. The fraction of sp³-hybridized carbons (Fsp3) is 0.185. The molecule has 4 aromatic heterocycles. The van der Waals surface area contributed by atoms with Gasteiger partial charge in [-0.15, -0.1) is 0 Å². The van der Waals surface area contributed by atoms with Crippen molar-refractivity contribution in [2.75, 3.05) is 0 Å². The molecule has 0 bridgehead atoms. The Balaban J connectivity index is 0. The maximum absolute atomic E-state index is 11.7. The molecule has 0 atom stereocenters. The van der Waals surface area contributed by atoms with Crippen LogP contribution in [-0.2, 0) is 42.6 Å². The molecule has 265 valence electrons. The van der Waals surface area contributed by atoms with Crippen LogP contribution in [0.4, 0.5) is 26.3 Å². The summed E-state index contributed by atoms with van der Waals surface area (Å²) in [6, 6.07) is 25.4. The van der Waals surface area contributed by atoms with Gasteiger partial charge < -0.3 is 14.2 Å². The number of hydrogen-bond donors (Lipinski definition) is 1. The molecule has 0 amide bonds. The average molecular weight is 780 g/mol. The zero-order valence-corrected chi connectivity index (χ0v) is 27.3. The van der Waals surface area contributed by atoms with E-state index in [1.807, 2.05) is 42.5 Å². The molecule has 0 aliphatic carbocycles. The summed E-state index contributed by atoms with van der Waals surface area (Å²) in [5.74, 6) is 0. The second-order valence-corrected chi connectivity index (χ2v) is 10.8. The summed E-state index contributed by atoms with van der Waals surface area (Å²) >= 11 is 0. The summed E-state index contributed by atoms with van der Waals surface area (Å²) in [6.45, 7) is 2.86. The maximum Gasteiger partial charge on any atom is 2.00 e. The molecule has 13 nitrogen and oxygen atoms in total. The van der Waals surface area contributed by atoms with Crippen LogP contribution in [-0.4, -0.2) is 62.0 Å². The number of hydrogen-bond acceptors (Lipinski definition) is 13. The molecule has 0 spiro atoms. The molecule has 0 aromatic carbocycles. The van der Waals surface area contributed by atoms with Gasteiger partial charge in [0.1, 0.15) is 0 Å². The number of pyridine rings is 4. The van der Waals surface area contributed by atoms with E-state index >= 15 is 0 Å². The predicted molar refractivity (Wildman–Crippen MR) is 152 cm³/mol. The molecule has 0 saturated carbocycles. The number of nitrogens with zero attached hydrogens (tertiary/aromatic N) is 6. The third kappa shape index (κ3) is 15.5. The van der Waals surface area contributed by atoms with Crippen molar-refractivity contribution < 1.29 is 74.2 Å². The van der Waals surface area contributed by atoms with E-state index in [2.05, 4.69) is 19.9 Å². The minimum absolute atomic E-state index is 0. The Hall–Kier alpha value is -4.55. The van der Waals surface area contributed by atoms with E-state index < -0.39 is 36.9 Å². The third-order valence-electron chi connectivity index (χ3n) is 4.69. The van der Waals surface area contributed by atoms with Gasteiger partial charge in [0.25, 0.3) is 0 Å². The Morgan fingerprint density at radius 1 is 0.612 bits per heavy atom. The molecule has 0 saturated heterocycles. The Morgan fingerprint density at radius 2 is 0.918 bits per heavy atom. The fourth-order valence-corrected chi connectivity index (χ4v) is 2.84. The first-order valence-corrected chi connectivity index (χ1v) is 15.0. The van der Waals surface area contributed by atoms with Crippen molar-refractivity contribution in [3.05, 3.63) is 108 Å². The number of rotatable bonds is 4. The predicted octanol–water partition coefficient (Wildman–Crippen LogP) is 4.38. The van der Waals surface area contributed by atoms with Crippen molar-refractivity contribution in [1.29, 1.82) is 10.5 Å². The van der Waals surface area contributed by atoms with Crippen LogP contribution in [0.1, 0.15) is 30.9 Å². The van der Waals surface area contributed by atoms with Crippen molar-refractivity contribution in [3.63, 3.8) is 0 Å². The van der Waals surface area contributed by atoms with Crippen LogP contribution in [0.3, 0.4) is 0 Å². The van der Waals surface area contributed by atoms with E-state index in [1.54, 1.807) is 61.1 Å². The smallest absolute Gasteiger partial charge is 0.741 e. The Bertz CT molecular complexity index is 1770. The van der Waals surface area contributed by atoms with Gasteiger partial charge in [-0.3, -0.25) is 15.0 Å². The molecule has 0 unspecified atom stereocenters. The number of alkyl halides is 6. The summed E-state index contributed by atoms with van der Waals surface area (Å²) in [5, 5.41) is 26.3. The van der Waals surface area contributed by atoms with Gasteiger partial charge in [0.2, 0.25) is 0 Å². The van der Waals surface area contributed by atoms with Gasteiger partial charge in [0.15, 0.2) is 25.8 Å². The van der Waals surface area contributed by atoms with Crippen molar-refractivity contribution in [3.8, 4) is 23.5 Å². The van der Waals surface area contributed by atoms with Crippen LogP contribution < -0.4 is 0 Å². The maximum atomic E-state index is 11.7. The molecule has 1 radical (unpaired) electrons. The van der Waals surface area contributed by atoms with E-state index in [9.17, 15) is 31.4 Å². The molecule has 1 N–H and O–H groups in total. The van der Waals surface area contributed by atoms with E-state index in [0.29, 0.717) is 22.8 Å². The standard InChI is InChI=1S/C21H16N4O.2C2H3N.2CHF3O3S.Co/c26-21(18-10-2-5-14-23-18,19-11-3-6-15-24-19)20-12-7-9-17(25-20)16-8-1-4-13-22-16;2*1-2-3;2*2-1(3,4)8(5,6)7;/h1-15,26H;2*1H3;2*(H,5,6,7);/q;;;;;+2/p-2. The van der Waals surface area contributed by atoms with E-state index in [-0.39, 0.29) is 16.8 Å². The number of halogens is 6. The SMILES string of the molecule is CC#N.CC#N.O=S(=O)([O-])C(F)(F)F.O=S(=O)([O-])C(F)(F)F.OC(c1ccccn1)(c1ccccn1)c1cccc(-c2ccccn2)n1.[Co+2]. The Morgan fingerprint density at radius 3 is 1.20 bits per heavy atom. The van der Waals surface area contributed by atoms with Crippen LogP contribution in [0.25, 0.3) is 11.4 Å². The van der Waals surface area contributed by atoms with Crippen molar-refractivity contribution in [1.82, 2.24) is 19.9 Å². The van der Waals surface area contributed by atoms with Gasteiger partial charge in [0, 0.05) is 32.4 Å². The molecule has 4 heterocycles. The normalized spacial score (nSPS) is 10.9. The summed E-state index contributed by atoms with van der Waals surface area (Å²) in [4.78, 5) is 17.7. The summed E-state index contributed by atoms with van der Waals surface area (Å²) in [7, 11) is -12.2. The zero-order valence-electron chi connectivity index (χ0n) is 24.7. The summed E-state index contributed by atoms with van der Waals surface area (Å²) in [5.41, 5.74) is -10.1. The molecule has 0 fully saturated rings. The van der Waals surface area contributed by atoms with Gasteiger partial charge in [-0.2, -0.15) is 36.9 Å². The molecule has 4 rings (SSSR count). The van der Waals surface area contributed by atoms with Crippen LogP contribution >= 0.6 is 0 Å². The quantitative estimate of drug-likeness (QED) is 0.172. The second-order valence-electron chi connectivity index (χ2n) is 8.01. The minimum atomic E-state index is -6.09. The van der Waals surface area contributed by atoms with Crippen molar-refractivity contribution in [2.24, 2.45) is 0 Å². The molecular formula is C27H22CoF6N6O7S2. The van der Waals surface area contributed by atoms with Crippen LogP contribution in [0.2, 0.25) is 0 Å². The molecule has 4 aromatic rings. The summed E-state index contributed by atoms with van der Waals surface area (Å²) < 4.78 is 118. The first kappa shape index (κ1) is 46.6. The van der Waals surface area contributed by atoms with E-state index in [4.69, 9.17) is 36.5 Å².